The monoisotopic (exact) mass is 224 g/mol. The lowest BCUT2D eigenvalue weighted by Crippen LogP contribution is -2.28. The molecular weight excluding hydrogens is 212 g/mol. The fourth-order valence-corrected chi connectivity index (χ4v) is 0.826. The van der Waals surface area contributed by atoms with E-state index in [1.807, 2.05) is 0 Å². The van der Waals surface area contributed by atoms with Crippen LogP contribution in [-0.4, -0.2) is 37.3 Å². The molecule has 0 bridgehead atoms. The Morgan fingerprint density at radius 1 is 1.21 bits per heavy atom. The van der Waals surface area contributed by atoms with E-state index in [1.54, 1.807) is 0 Å². The lowest BCUT2D eigenvalue weighted by molar-refractivity contribution is -0.159. The van der Waals surface area contributed by atoms with E-state index in [4.69, 9.17) is 21.1 Å². The van der Waals surface area contributed by atoms with Crippen molar-refractivity contribution in [2.45, 2.75) is 20.0 Å². The van der Waals surface area contributed by atoms with Gasteiger partial charge in [0.25, 0.3) is 0 Å². The largest absolute Gasteiger partial charge is 0.462 e. The normalized spacial score (nSPS) is 11.9. The molecular formula is C8H13ClO5. The maximum absolute atomic E-state index is 10.6. The van der Waals surface area contributed by atoms with E-state index in [1.165, 1.54) is 13.8 Å². The van der Waals surface area contributed by atoms with Gasteiger partial charge in [0, 0.05) is 13.8 Å². The van der Waals surface area contributed by atoms with E-state index in [2.05, 4.69) is 4.74 Å². The van der Waals surface area contributed by atoms with Gasteiger partial charge in [0.2, 0.25) is 0 Å². The minimum Gasteiger partial charge on any atom is -0.462 e. The Kier molecular flexibility index (Phi) is 7.14. The Bertz CT molecular complexity index is 194. The molecule has 0 saturated carbocycles. The molecule has 0 radical (unpaired) electrons. The van der Waals surface area contributed by atoms with Gasteiger partial charge < -0.3 is 14.2 Å². The Morgan fingerprint density at radius 3 is 2.29 bits per heavy atom. The van der Waals surface area contributed by atoms with Crippen LogP contribution < -0.4 is 0 Å². The predicted octanol–water partition coefficient (Wildman–Crippen LogP) is 0.694. The van der Waals surface area contributed by atoms with Crippen molar-refractivity contribution >= 4 is 23.5 Å². The molecule has 0 aromatic rings. The van der Waals surface area contributed by atoms with Crippen molar-refractivity contribution < 1.29 is 23.8 Å². The number of rotatable bonds is 6. The number of carbonyl (C=O) groups is 2. The number of hydrogen-bond donors (Lipinski definition) is 0. The molecule has 1 atom stereocenters. The van der Waals surface area contributed by atoms with Crippen molar-refractivity contribution in [2.75, 3.05) is 19.3 Å². The van der Waals surface area contributed by atoms with Crippen molar-refractivity contribution in [1.29, 1.82) is 0 Å². The molecule has 1 unspecified atom stereocenters. The van der Waals surface area contributed by atoms with Gasteiger partial charge in [-0.15, -0.1) is 0 Å². The first-order valence-electron chi connectivity index (χ1n) is 4.00. The van der Waals surface area contributed by atoms with Gasteiger partial charge in [-0.2, -0.15) is 0 Å². The van der Waals surface area contributed by atoms with Crippen LogP contribution in [0.3, 0.4) is 0 Å². The maximum atomic E-state index is 10.6. The Labute approximate surface area is 87.3 Å². The second kappa shape index (κ2) is 7.58. The van der Waals surface area contributed by atoms with Gasteiger partial charge in [-0.05, 0) is 0 Å². The predicted molar refractivity (Wildman–Crippen MR) is 48.9 cm³/mol. The number of halogens is 1. The van der Waals surface area contributed by atoms with Gasteiger partial charge in [0.05, 0.1) is 6.61 Å². The Morgan fingerprint density at radius 2 is 1.86 bits per heavy atom. The summed E-state index contributed by atoms with van der Waals surface area (Å²) in [5, 5.41) is 0. The molecule has 0 rings (SSSR count). The molecule has 0 aliphatic heterocycles. The second-order valence-electron chi connectivity index (χ2n) is 2.51. The van der Waals surface area contributed by atoms with Crippen molar-refractivity contribution in [1.82, 2.24) is 0 Å². The first-order chi connectivity index (χ1) is 6.56. The third-order valence-corrected chi connectivity index (χ3v) is 1.34. The molecule has 0 aliphatic rings. The zero-order valence-electron chi connectivity index (χ0n) is 8.12. The fourth-order valence-electron chi connectivity index (χ4n) is 0.737. The Balaban J connectivity index is 3.83. The molecule has 0 spiro atoms. The quantitative estimate of drug-likeness (QED) is 0.491. The molecule has 5 nitrogen and oxygen atoms in total. The zero-order valence-corrected chi connectivity index (χ0v) is 8.87. The summed E-state index contributed by atoms with van der Waals surface area (Å²) in [4.78, 5) is 21.1. The average molecular weight is 225 g/mol. The summed E-state index contributed by atoms with van der Waals surface area (Å²) in [5.41, 5.74) is 0. The smallest absolute Gasteiger partial charge is 0.303 e. The van der Waals surface area contributed by atoms with Crippen molar-refractivity contribution in [2.24, 2.45) is 0 Å². The van der Waals surface area contributed by atoms with Gasteiger partial charge in [-0.1, -0.05) is 11.6 Å². The highest BCUT2D eigenvalue weighted by molar-refractivity contribution is 6.17. The SMILES string of the molecule is CC(=O)OCC(COCCl)OC(C)=O. The molecule has 82 valence electrons. The lowest BCUT2D eigenvalue weighted by atomic mass is 10.4. The van der Waals surface area contributed by atoms with E-state index in [0.717, 1.165) is 0 Å². The highest BCUT2D eigenvalue weighted by atomic mass is 35.5. The van der Waals surface area contributed by atoms with Gasteiger partial charge >= 0.3 is 11.9 Å². The molecule has 14 heavy (non-hydrogen) atoms. The van der Waals surface area contributed by atoms with Crippen LogP contribution in [0, 0.1) is 0 Å². The van der Waals surface area contributed by atoms with E-state index < -0.39 is 18.0 Å². The van der Waals surface area contributed by atoms with Crippen LogP contribution in [0.1, 0.15) is 13.8 Å². The number of esters is 2. The first-order valence-corrected chi connectivity index (χ1v) is 4.54. The Hall–Kier alpha value is -0.810. The molecule has 0 saturated heterocycles. The van der Waals surface area contributed by atoms with Gasteiger partial charge in [-0.3, -0.25) is 9.59 Å². The summed E-state index contributed by atoms with van der Waals surface area (Å²) < 4.78 is 14.3. The van der Waals surface area contributed by atoms with E-state index in [9.17, 15) is 9.59 Å². The first kappa shape index (κ1) is 13.2. The average Bonchev–Trinajstić information content (AvgIpc) is 2.09. The topological polar surface area (TPSA) is 61.8 Å². The van der Waals surface area contributed by atoms with Crippen LogP contribution in [0.25, 0.3) is 0 Å². The molecule has 0 aromatic carbocycles. The van der Waals surface area contributed by atoms with Crippen LogP contribution in [0.15, 0.2) is 0 Å². The second-order valence-corrected chi connectivity index (χ2v) is 2.73. The third-order valence-electron chi connectivity index (χ3n) is 1.19. The maximum Gasteiger partial charge on any atom is 0.303 e. The van der Waals surface area contributed by atoms with Crippen molar-refractivity contribution in [3.63, 3.8) is 0 Å². The summed E-state index contributed by atoms with van der Waals surface area (Å²) in [5.74, 6) is -0.895. The number of ether oxygens (including phenoxy) is 3. The molecule has 0 N–H and O–H groups in total. The summed E-state index contributed by atoms with van der Waals surface area (Å²) in [6.07, 6.45) is -0.602. The molecule has 0 fully saturated rings. The highest BCUT2D eigenvalue weighted by Crippen LogP contribution is 1.97. The number of hydrogen-bond acceptors (Lipinski definition) is 5. The zero-order chi connectivity index (χ0) is 11.0. The van der Waals surface area contributed by atoms with Gasteiger partial charge in [0.1, 0.15) is 12.7 Å². The van der Waals surface area contributed by atoms with E-state index in [-0.39, 0.29) is 19.3 Å². The number of alkyl halides is 1. The van der Waals surface area contributed by atoms with Crippen LogP contribution in [0.2, 0.25) is 0 Å². The lowest BCUT2D eigenvalue weighted by Gasteiger charge is -2.15. The van der Waals surface area contributed by atoms with Crippen LogP contribution >= 0.6 is 11.6 Å². The summed E-state index contributed by atoms with van der Waals surface area (Å²) >= 11 is 5.27. The minimum atomic E-state index is -0.602. The fraction of sp³-hybridized carbons (Fsp3) is 0.750. The number of carbonyl (C=O) groups excluding carboxylic acids is 2. The molecule has 6 heteroatoms. The molecule has 0 aromatic heterocycles. The summed E-state index contributed by atoms with van der Waals surface area (Å²) in [6, 6.07) is -0.00215. The molecule has 0 aliphatic carbocycles. The van der Waals surface area contributed by atoms with Gasteiger partial charge in [0.15, 0.2) is 6.10 Å². The molecule has 0 heterocycles. The van der Waals surface area contributed by atoms with Crippen molar-refractivity contribution in [3.8, 4) is 0 Å². The highest BCUT2D eigenvalue weighted by Gasteiger charge is 2.13. The molecule has 0 amide bonds. The van der Waals surface area contributed by atoms with E-state index in [0.29, 0.717) is 0 Å². The standard InChI is InChI=1S/C8H13ClO5/c1-6(10)13-4-8(3-12-5-9)14-7(2)11/h8H,3-5H2,1-2H3. The minimum absolute atomic E-state index is 0.00215. The van der Waals surface area contributed by atoms with Crippen molar-refractivity contribution in [3.05, 3.63) is 0 Å². The third kappa shape index (κ3) is 7.82. The van der Waals surface area contributed by atoms with Crippen LogP contribution in [0.4, 0.5) is 0 Å². The summed E-state index contributed by atoms with van der Waals surface area (Å²) in [6.45, 7) is 2.62. The van der Waals surface area contributed by atoms with Gasteiger partial charge in [-0.25, -0.2) is 0 Å². The van der Waals surface area contributed by atoms with E-state index >= 15 is 0 Å². The van der Waals surface area contributed by atoms with Crippen LogP contribution in [0.5, 0.6) is 0 Å². The summed E-state index contributed by atoms with van der Waals surface area (Å²) in [7, 11) is 0. The van der Waals surface area contributed by atoms with Crippen LogP contribution in [-0.2, 0) is 23.8 Å².